The Kier molecular flexibility index (Phi) is 8.27. The summed E-state index contributed by atoms with van der Waals surface area (Å²) < 4.78 is 10.5. The minimum Gasteiger partial charge on any atom is -0.497 e. The van der Waals surface area contributed by atoms with Crippen LogP contribution in [0.25, 0.3) is 6.08 Å². The predicted octanol–water partition coefficient (Wildman–Crippen LogP) is 3.90. The molecule has 0 fully saturated rings. The molecular formula is C23H28N2O4. The monoisotopic (exact) mass is 396 g/mol. The number of amides is 2. The van der Waals surface area contributed by atoms with Gasteiger partial charge in [0.25, 0.3) is 0 Å². The van der Waals surface area contributed by atoms with Gasteiger partial charge in [-0.1, -0.05) is 25.1 Å². The van der Waals surface area contributed by atoms with E-state index in [1.807, 2.05) is 38.1 Å². The molecule has 6 nitrogen and oxygen atoms in total. The molecule has 0 radical (unpaired) electrons. The summed E-state index contributed by atoms with van der Waals surface area (Å²) >= 11 is 0. The number of methoxy groups -OCH3 is 2. The van der Waals surface area contributed by atoms with Crippen LogP contribution in [0, 0.1) is 6.92 Å². The van der Waals surface area contributed by atoms with E-state index in [4.69, 9.17) is 9.47 Å². The molecule has 0 saturated carbocycles. The van der Waals surface area contributed by atoms with Gasteiger partial charge in [0.15, 0.2) is 0 Å². The minimum absolute atomic E-state index is 0.00716. The lowest BCUT2D eigenvalue weighted by Gasteiger charge is -2.20. The molecule has 0 aliphatic carbocycles. The largest absolute Gasteiger partial charge is 0.497 e. The summed E-state index contributed by atoms with van der Waals surface area (Å²) in [5, 5.41) is 2.87. The van der Waals surface area contributed by atoms with Crippen molar-refractivity contribution in [3.8, 4) is 11.5 Å². The second-order valence-corrected chi connectivity index (χ2v) is 6.60. The highest BCUT2D eigenvalue weighted by Gasteiger charge is 2.15. The van der Waals surface area contributed by atoms with Gasteiger partial charge in [-0.15, -0.1) is 0 Å². The molecule has 2 aromatic rings. The van der Waals surface area contributed by atoms with Crippen LogP contribution in [0.15, 0.2) is 48.5 Å². The highest BCUT2D eigenvalue weighted by Crippen LogP contribution is 2.23. The van der Waals surface area contributed by atoms with Gasteiger partial charge in [-0.05, 0) is 48.7 Å². The summed E-state index contributed by atoms with van der Waals surface area (Å²) in [6, 6.07) is 12.9. The van der Waals surface area contributed by atoms with Crippen LogP contribution in [0.4, 0.5) is 5.69 Å². The van der Waals surface area contributed by atoms with Crippen LogP contribution in [-0.2, 0) is 9.59 Å². The molecule has 0 aliphatic rings. The van der Waals surface area contributed by atoms with Crippen molar-refractivity contribution >= 4 is 23.6 Å². The number of carbonyl (C=O) groups is 2. The van der Waals surface area contributed by atoms with Crippen molar-refractivity contribution in [1.82, 2.24) is 4.90 Å². The molecule has 0 saturated heterocycles. The zero-order valence-electron chi connectivity index (χ0n) is 17.4. The van der Waals surface area contributed by atoms with E-state index >= 15 is 0 Å². The Bertz CT molecular complexity index is 855. The SMILES string of the molecule is CCCN(CC(=O)Nc1ccccc1C)C(=O)/C=C/c1cc(OC)cc(OC)c1. The van der Waals surface area contributed by atoms with E-state index in [0.29, 0.717) is 18.0 Å². The molecule has 0 bridgehead atoms. The van der Waals surface area contributed by atoms with Crippen LogP contribution < -0.4 is 14.8 Å². The molecule has 0 heterocycles. The van der Waals surface area contributed by atoms with Gasteiger partial charge in [0.1, 0.15) is 18.0 Å². The topological polar surface area (TPSA) is 67.9 Å². The van der Waals surface area contributed by atoms with Crippen LogP contribution in [0.1, 0.15) is 24.5 Å². The van der Waals surface area contributed by atoms with Gasteiger partial charge in [-0.2, -0.15) is 0 Å². The summed E-state index contributed by atoms with van der Waals surface area (Å²) in [5.74, 6) is 0.824. The van der Waals surface area contributed by atoms with Gasteiger partial charge >= 0.3 is 0 Å². The second-order valence-electron chi connectivity index (χ2n) is 6.60. The molecule has 0 spiro atoms. The maximum Gasteiger partial charge on any atom is 0.247 e. The smallest absolute Gasteiger partial charge is 0.247 e. The van der Waals surface area contributed by atoms with E-state index < -0.39 is 0 Å². The van der Waals surface area contributed by atoms with Crippen molar-refractivity contribution < 1.29 is 19.1 Å². The number of ether oxygens (including phenoxy) is 2. The summed E-state index contributed by atoms with van der Waals surface area (Å²) in [5.41, 5.74) is 2.50. The first-order valence-electron chi connectivity index (χ1n) is 9.52. The molecule has 2 amide bonds. The van der Waals surface area contributed by atoms with E-state index in [-0.39, 0.29) is 18.4 Å². The fourth-order valence-corrected chi connectivity index (χ4v) is 2.81. The van der Waals surface area contributed by atoms with E-state index in [9.17, 15) is 9.59 Å². The molecule has 1 N–H and O–H groups in total. The third-order valence-corrected chi connectivity index (χ3v) is 4.35. The molecule has 0 aromatic heterocycles. The number of hydrogen-bond donors (Lipinski definition) is 1. The highest BCUT2D eigenvalue weighted by atomic mass is 16.5. The molecule has 29 heavy (non-hydrogen) atoms. The molecule has 0 aliphatic heterocycles. The number of aryl methyl sites for hydroxylation is 1. The normalized spacial score (nSPS) is 10.6. The lowest BCUT2D eigenvalue weighted by molar-refractivity contribution is -0.130. The lowest BCUT2D eigenvalue weighted by atomic mass is 10.2. The first-order chi connectivity index (χ1) is 14.0. The highest BCUT2D eigenvalue weighted by molar-refractivity contribution is 5.98. The number of nitrogens with one attached hydrogen (secondary N) is 1. The number of anilines is 1. The Morgan fingerprint density at radius 3 is 2.31 bits per heavy atom. The van der Waals surface area contributed by atoms with Crippen molar-refractivity contribution in [3.63, 3.8) is 0 Å². The molecule has 0 unspecified atom stereocenters. The van der Waals surface area contributed by atoms with E-state index in [1.165, 1.54) is 11.0 Å². The second kappa shape index (κ2) is 10.9. The molecule has 2 rings (SSSR count). The van der Waals surface area contributed by atoms with Crippen molar-refractivity contribution in [3.05, 3.63) is 59.7 Å². The van der Waals surface area contributed by atoms with Crippen molar-refractivity contribution in [1.29, 1.82) is 0 Å². The Labute approximate surface area is 172 Å². The first kappa shape index (κ1) is 22.0. The third kappa shape index (κ3) is 6.68. The average Bonchev–Trinajstić information content (AvgIpc) is 2.73. The summed E-state index contributed by atoms with van der Waals surface area (Å²) in [6.45, 7) is 4.38. The zero-order valence-corrected chi connectivity index (χ0v) is 17.4. The predicted molar refractivity (Wildman–Crippen MR) is 115 cm³/mol. The average molecular weight is 396 g/mol. The summed E-state index contributed by atoms with van der Waals surface area (Å²) in [7, 11) is 3.15. The number of rotatable bonds is 9. The maximum atomic E-state index is 12.7. The number of hydrogen-bond acceptors (Lipinski definition) is 4. The number of carbonyl (C=O) groups excluding carboxylic acids is 2. The van der Waals surface area contributed by atoms with Gasteiger partial charge in [0.2, 0.25) is 11.8 Å². The zero-order chi connectivity index (χ0) is 21.2. The van der Waals surface area contributed by atoms with Crippen molar-refractivity contribution in [2.75, 3.05) is 32.6 Å². The Morgan fingerprint density at radius 1 is 1.07 bits per heavy atom. The molecule has 2 aromatic carbocycles. The van der Waals surface area contributed by atoms with Crippen LogP contribution >= 0.6 is 0 Å². The molecular weight excluding hydrogens is 368 g/mol. The quantitative estimate of drug-likeness (QED) is 0.653. The number of benzene rings is 2. The summed E-state index contributed by atoms with van der Waals surface area (Å²) in [4.78, 5) is 26.6. The Morgan fingerprint density at radius 2 is 1.72 bits per heavy atom. The number of para-hydroxylation sites is 1. The van der Waals surface area contributed by atoms with Crippen LogP contribution in [0.2, 0.25) is 0 Å². The number of nitrogens with zero attached hydrogens (tertiary/aromatic N) is 1. The third-order valence-electron chi connectivity index (χ3n) is 4.35. The van der Waals surface area contributed by atoms with Crippen molar-refractivity contribution in [2.24, 2.45) is 0 Å². The summed E-state index contributed by atoms with van der Waals surface area (Å²) in [6.07, 6.45) is 3.91. The van der Waals surface area contributed by atoms with Gasteiger partial charge in [0, 0.05) is 24.4 Å². The maximum absolute atomic E-state index is 12.7. The standard InChI is InChI=1S/C23H28N2O4/c1-5-12-25(16-22(26)24-21-9-7-6-8-17(21)2)23(27)11-10-18-13-19(28-3)15-20(14-18)29-4/h6-11,13-15H,5,12,16H2,1-4H3,(H,24,26)/b11-10+. The van der Waals surface area contributed by atoms with Crippen LogP contribution in [0.5, 0.6) is 11.5 Å². The lowest BCUT2D eigenvalue weighted by Crippen LogP contribution is -2.37. The minimum atomic E-state index is -0.228. The van der Waals surface area contributed by atoms with Crippen molar-refractivity contribution in [2.45, 2.75) is 20.3 Å². The first-order valence-corrected chi connectivity index (χ1v) is 9.52. The van der Waals surface area contributed by atoms with E-state index in [0.717, 1.165) is 23.2 Å². The molecule has 6 heteroatoms. The van der Waals surface area contributed by atoms with Crippen LogP contribution in [0.3, 0.4) is 0 Å². The van der Waals surface area contributed by atoms with Gasteiger partial charge in [0.05, 0.1) is 14.2 Å². The Hall–Kier alpha value is -3.28. The fourth-order valence-electron chi connectivity index (χ4n) is 2.81. The van der Waals surface area contributed by atoms with Gasteiger partial charge in [-0.3, -0.25) is 9.59 Å². The molecule has 154 valence electrons. The molecule has 0 atom stereocenters. The Balaban J connectivity index is 2.07. The van der Waals surface area contributed by atoms with E-state index in [2.05, 4.69) is 5.32 Å². The van der Waals surface area contributed by atoms with Gasteiger partial charge < -0.3 is 19.7 Å². The van der Waals surface area contributed by atoms with Gasteiger partial charge in [-0.25, -0.2) is 0 Å². The van der Waals surface area contributed by atoms with Crippen LogP contribution in [-0.4, -0.2) is 44.0 Å². The fraction of sp³-hybridized carbons (Fsp3) is 0.304. The van der Waals surface area contributed by atoms with E-state index in [1.54, 1.807) is 38.5 Å².